The number of hydrogen-bond acceptors (Lipinski definition) is 3. The zero-order valence-electron chi connectivity index (χ0n) is 9.37. The quantitative estimate of drug-likeness (QED) is 0.853. The van der Waals surface area contributed by atoms with Crippen LogP contribution in [0.25, 0.3) is 0 Å². The molecule has 2 atom stereocenters. The molecule has 0 saturated heterocycles. The summed E-state index contributed by atoms with van der Waals surface area (Å²) in [7, 11) is -0.799. The van der Waals surface area contributed by atoms with E-state index >= 15 is 0 Å². The predicted octanol–water partition coefficient (Wildman–Crippen LogP) is 2.07. The number of aromatic hydroxyl groups is 1. The Morgan fingerprint density at radius 1 is 1.56 bits per heavy atom. The molecule has 2 unspecified atom stereocenters. The number of rotatable bonds is 5. The van der Waals surface area contributed by atoms with Crippen molar-refractivity contribution in [2.45, 2.75) is 13.0 Å². The van der Waals surface area contributed by atoms with Crippen LogP contribution in [0.15, 0.2) is 18.2 Å². The Hall–Kier alpha value is -0.580. The van der Waals surface area contributed by atoms with Gasteiger partial charge in [-0.1, -0.05) is 11.6 Å². The highest BCUT2D eigenvalue weighted by atomic mass is 35.5. The summed E-state index contributed by atoms with van der Waals surface area (Å²) in [5.41, 5.74) is 0.759. The molecule has 1 aromatic carbocycles. The minimum atomic E-state index is -0.799. The minimum absolute atomic E-state index is 0.0118. The maximum absolute atomic E-state index is 10.9. The lowest BCUT2D eigenvalue weighted by atomic mass is 10.1. The molecule has 0 heterocycles. The lowest BCUT2D eigenvalue weighted by molar-refractivity contribution is 0.455. The van der Waals surface area contributed by atoms with Gasteiger partial charge in [0.25, 0.3) is 0 Å². The van der Waals surface area contributed by atoms with E-state index < -0.39 is 10.8 Å². The van der Waals surface area contributed by atoms with Gasteiger partial charge in [-0.05, 0) is 25.1 Å². The Bertz CT molecular complexity index is 384. The Labute approximate surface area is 103 Å². The van der Waals surface area contributed by atoms with Gasteiger partial charge in [-0.25, -0.2) is 0 Å². The summed E-state index contributed by atoms with van der Waals surface area (Å²) in [6, 6.07) is 4.95. The maximum atomic E-state index is 10.9. The van der Waals surface area contributed by atoms with E-state index in [4.69, 9.17) is 11.6 Å². The van der Waals surface area contributed by atoms with E-state index in [9.17, 15) is 9.32 Å². The topological polar surface area (TPSA) is 49.3 Å². The fraction of sp³-hybridized carbons (Fsp3) is 0.455. The Morgan fingerprint density at radius 3 is 2.88 bits per heavy atom. The van der Waals surface area contributed by atoms with Crippen molar-refractivity contribution in [2.24, 2.45) is 0 Å². The van der Waals surface area contributed by atoms with Gasteiger partial charge >= 0.3 is 0 Å². The second-order valence-corrected chi connectivity index (χ2v) is 5.65. The monoisotopic (exact) mass is 261 g/mol. The smallest absolute Gasteiger partial charge is 0.120 e. The van der Waals surface area contributed by atoms with E-state index in [-0.39, 0.29) is 11.8 Å². The molecule has 3 nitrogen and oxygen atoms in total. The van der Waals surface area contributed by atoms with Crippen LogP contribution in [-0.2, 0) is 10.8 Å². The maximum Gasteiger partial charge on any atom is 0.120 e. The Kier molecular flexibility index (Phi) is 5.25. The van der Waals surface area contributed by atoms with Crippen LogP contribution in [0.5, 0.6) is 5.75 Å². The number of hydrogen-bond donors (Lipinski definition) is 2. The molecule has 2 N–H and O–H groups in total. The van der Waals surface area contributed by atoms with Crippen LogP contribution in [0.2, 0.25) is 5.02 Å². The van der Waals surface area contributed by atoms with Crippen molar-refractivity contribution in [3.63, 3.8) is 0 Å². The van der Waals surface area contributed by atoms with E-state index in [1.807, 2.05) is 6.92 Å². The summed E-state index contributed by atoms with van der Waals surface area (Å²) < 4.78 is 10.9. The van der Waals surface area contributed by atoms with Crippen molar-refractivity contribution in [1.29, 1.82) is 0 Å². The van der Waals surface area contributed by atoms with Crippen molar-refractivity contribution < 1.29 is 9.32 Å². The minimum Gasteiger partial charge on any atom is -0.508 e. The number of halogens is 1. The predicted molar refractivity (Wildman–Crippen MR) is 68.5 cm³/mol. The van der Waals surface area contributed by atoms with E-state index in [2.05, 4.69) is 5.32 Å². The third-order valence-corrected chi connectivity index (χ3v) is 3.31. The summed E-state index contributed by atoms with van der Waals surface area (Å²) in [5, 5.41) is 13.4. The van der Waals surface area contributed by atoms with Crippen LogP contribution in [-0.4, -0.2) is 27.9 Å². The van der Waals surface area contributed by atoms with Crippen LogP contribution >= 0.6 is 11.6 Å². The molecule has 16 heavy (non-hydrogen) atoms. The summed E-state index contributed by atoms with van der Waals surface area (Å²) in [6.45, 7) is 2.58. The average molecular weight is 262 g/mol. The third-order valence-electron chi connectivity index (χ3n) is 2.30. The van der Waals surface area contributed by atoms with Crippen molar-refractivity contribution >= 4 is 22.4 Å². The highest BCUT2D eigenvalue weighted by molar-refractivity contribution is 7.84. The molecule has 0 bridgehead atoms. The van der Waals surface area contributed by atoms with Gasteiger partial charge in [0.1, 0.15) is 5.75 Å². The molecule has 0 fully saturated rings. The number of benzene rings is 1. The zero-order valence-corrected chi connectivity index (χ0v) is 10.9. The molecule has 0 radical (unpaired) electrons. The average Bonchev–Trinajstić information content (AvgIpc) is 2.21. The third kappa shape index (κ3) is 4.12. The normalized spacial score (nSPS) is 14.7. The van der Waals surface area contributed by atoms with Crippen LogP contribution in [0.4, 0.5) is 0 Å². The molecule has 0 aliphatic carbocycles. The van der Waals surface area contributed by atoms with E-state index in [1.165, 1.54) is 0 Å². The highest BCUT2D eigenvalue weighted by Crippen LogP contribution is 2.26. The Morgan fingerprint density at radius 2 is 2.25 bits per heavy atom. The lowest BCUT2D eigenvalue weighted by Crippen LogP contribution is -2.23. The second-order valence-electron chi connectivity index (χ2n) is 3.66. The molecule has 0 aromatic heterocycles. The van der Waals surface area contributed by atoms with Gasteiger partial charge < -0.3 is 10.4 Å². The van der Waals surface area contributed by atoms with Crippen LogP contribution < -0.4 is 5.32 Å². The molecule has 1 aromatic rings. The highest BCUT2D eigenvalue weighted by Gasteiger charge is 2.10. The summed E-state index contributed by atoms with van der Waals surface area (Å²) in [4.78, 5) is 0. The fourth-order valence-corrected chi connectivity index (χ4v) is 1.99. The van der Waals surface area contributed by atoms with Crippen molar-refractivity contribution in [2.75, 3.05) is 18.6 Å². The molecule has 90 valence electrons. The molecule has 0 aliphatic rings. The SMILES string of the molecule is CC(NCCS(C)=O)c1cc(Cl)ccc1O. The van der Waals surface area contributed by atoms with Gasteiger partial charge in [-0.3, -0.25) is 4.21 Å². The molecular weight excluding hydrogens is 246 g/mol. The van der Waals surface area contributed by atoms with E-state index in [0.29, 0.717) is 17.3 Å². The first-order valence-corrected chi connectivity index (χ1v) is 7.13. The summed E-state index contributed by atoms with van der Waals surface area (Å²) >= 11 is 5.86. The first kappa shape index (κ1) is 13.5. The van der Waals surface area contributed by atoms with Gasteiger partial charge in [0.2, 0.25) is 0 Å². The van der Waals surface area contributed by atoms with Gasteiger partial charge in [-0.2, -0.15) is 0 Å². The number of nitrogens with one attached hydrogen (secondary N) is 1. The number of phenolic OH excluding ortho intramolecular Hbond substituents is 1. The lowest BCUT2D eigenvalue weighted by Gasteiger charge is -2.15. The standard InChI is InChI=1S/C11H16ClNO2S/c1-8(13-5-6-16(2)15)10-7-9(12)3-4-11(10)14/h3-4,7-8,13-14H,5-6H2,1-2H3. The zero-order chi connectivity index (χ0) is 12.1. The van der Waals surface area contributed by atoms with Crippen molar-refractivity contribution in [3.05, 3.63) is 28.8 Å². The summed E-state index contributed by atoms with van der Waals surface area (Å²) in [5.74, 6) is 0.827. The molecule has 5 heteroatoms. The fourth-order valence-electron chi connectivity index (χ4n) is 1.40. The first-order valence-electron chi connectivity index (χ1n) is 5.02. The van der Waals surface area contributed by atoms with Crippen LogP contribution in [0, 0.1) is 0 Å². The van der Waals surface area contributed by atoms with Gasteiger partial charge in [0.15, 0.2) is 0 Å². The molecular formula is C11H16ClNO2S. The molecule has 0 amide bonds. The molecule has 1 rings (SSSR count). The number of phenols is 1. The van der Waals surface area contributed by atoms with E-state index in [1.54, 1.807) is 24.5 Å². The first-order chi connectivity index (χ1) is 7.50. The van der Waals surface area contributed by atoms with Crippen molar-refractivity contribution in [1.82, 2.24) is 5.32 Å². The molecule has 0 spiro atoms. The van der Waals surface area contributed by atoms with Crippen LogP contribution in [0.1, 0.15) is 18.5 Å². The van der Waals surface area contributed by atoms with Gasteiger partial charge in [0.05, 0.1) is 0 Å². The van der Waals surface area contributed by atoms with Gasteiger partial charge in [-0.15, -0.1) is 0 Å². The van der Waals surface area contributed by atoms with Crippen LogP contribution in [0.3, 0.4) is 0 Å². The molecule has 0 saturated carbocycles. The second kappa shape index (κ2) is 6.23. The largest absolute Gasteiger partial charge is 0.508 e. The summed E-state index contributed by atoms with van der Waals surface area (Å²) in [6.07, 6.45) is 1.67. The molecule has 0 aliphatic heterocycles. The van der Waals surface area contributed by atoms with Gasteiger partial charge in [0, 0.05) is 46.0 Å². The van der Waals surface area contributed by atoms with E-state index in [0.717, 1.165) is 5.56 Å². The Balaban J connectivity index is 2.61. The van der Waals surface area contributed by atoms with Crippen molar-refractivity contribution in [3.8, 4) is 5.75 Å².